The molecule has 0 spiro atoms. The van der Waals surface area contributed by atoms with Gasteiger partial charge in [-0.1, -0.05) is 12.1 Å². The number of carbonyl (C=O) groups is 1. The number of aliphatic carboxylic acids is 1. The van der Waals surface area contributed by atoms with Crippen LogP contribution < -0.4 is 4.18 Å². The number of carboxylic acid groups (broad SMARTS) is 1. The number of aryl methyl sites for hydroxylation is 1. The number of rotatable bonds is 6. The number of fused-ring (bicyclic) bond motifs is 1. The molecule has 0 aliphatic carbocycles. The van der Waals surface area contributed by atoms with Gasteiger partial charge in [-0.05, 0) is 24.6 Å². The molecule has 2 heterocycles. The van der Waals surface area contributed by atoms with Gasteiger partial charge < -0.3 is 9.29 Å². The number of benzene rings is 2. The number of aromatic nitrogens is 1. The molecule has 0 fully saturated rings. The van der Waals surface area contributed by atoms with Crippen molar-refractivity contribution in [2.24, 2.45) is 4.99 Å². The lowest BCUT2D eigenvalue weighted by Gasteiger charge is -2.09. The first-order chi connectivity index (χ1) is 14.7. The maximum Gasteiger partial charge on any atom is 0.346 e. The molecule has 31 heavy (non-hydrogen) atoms. The molecule has 0 saturated heterocycles. The van der Waals surface area contributed by atoms with Crippen LogP contribution in [-0.4, -0.2) is 46.2 Å². The molecule has 13 heteroatoms. The number of nitro groups is 1. The van der Waals surface area contributed by atoms with Crippen molar-refractivity contribution in [3.05, 3.63) is 57.1 Å². The zero-order valence-electron chi connectivity index (χ0n) is 15.7. The molecule has 0 saturated carbocycles. The van der Waals surface area contributed by atoms with Gasteiger partial charge in [0.25, 0.3) is 5.69 Å². The third-order valence-electron chi connectivity index (χ3n) is 4.32. The van der Waals surface area contributed by atoms with Crippen LogP contribution in [-0.2, 0) is 14.9 Å². The molecule has 3 aromatic rings. The van der Waals surface area contributed by atoms with Crippen LogP contribution >= 0.6 is 23.1 Å². The highest BCUT2D eigenvalue weighted by Gasteiger charge is 2.30. The number of nitrogens with zero attached hydrogens (tertiary/aromatic N) is 3. The Balaban J connectivity index is 1.67. The van der Waals surface area contributed by atoms with Gasteiger partial charge in [-0.3, -0.25) is 15.1 Å². The monoisotopic (exact) mass is 479 g/mol. The summed E-state index contributed by atoms with van der Waals surface area (Å²) in [6.07, 6.45) is 0. The summed E-state index contributed by atoms with van der Waals surface area (Å²) in [5.74, 6) is -0.706. The summed E-state index contributed by atoms with van der Waals surface area (Å²) >= 11 is 2.51. The molecular formula is C18H13N3O7S3. The van der Waals surface area contributed by atoms with Gasteiger partial charge in [-0.15, -0.1) is 23.1 Å². The van der Waals surface area contributed by atoms with E-state index in [1.54, 1.807) is 6.07 Å². The highest BCUT2D eigenvalue weighted by molar-refractivity contribution is 8.15. The summed E-state index contributed by atoms with van der Waals surface area (Å²) < 4.78 is 31.3. The van der Waals surface area contributed by atoms with Crippen LogP contribution in [0, 0.1) is 17.0 Å². The van der Waals surface area contributed by atoms with E-state index in [4.69, 9.17) is 9.29 Å². The molecule has 2 aromatic carbocycles. The lowest BCUT2D eigenvalue weighted by atomic mass is 10.2. The molecule has 1 aromatic heterocycles. The van der Waals surface area contributed by atoms with Gasteiger partial charge in [-0.2, -0.15) is 8.42 Å². The van der Waals surface area contributed by atoms with Crippen LogP contribution in [0.15, 0.2) is 46.3 Å². The predicted octanol–water partition coefficient (Wildman–Crippen LogP) is 3.23. The minimum atomic E-state index is -4.46. The number of hydrogen-bond acceptors (Lipinski definition) is 10. The van der Waals surface area contributed by atoms with Crippen molar-refractivity contribution in [3.8, 4) is 5.75 Å². The van der Waals surface area contributed by atoms with E-state index >= 15 is 0 Å². The number of hydrogen-bond donors (Lipinski definition) is 1. The Hall–Kier alpha value is -3.03. The van der Waals surface area contributed by atoms with Crippen LogP contribution in [0.2, 0.25) is 0 Å². The number of thiazole rings is 1. The molecule has 1 atom stereocenters. The highest BCUT2D eigenvalue weighted by atomic mass is 32.2. The fourth-order valence-corrected chi connectivity index (χ4v) is 6.33. The molecule has 0 amide bonds. The fourth-order valence-electron chi connectivity index (χ4n) is 2.94. The van der Waals surface area contributed by atoms with E-state index in [2.05, 4.69) is 9.98 Å². The van der Waals surface area contributed by atoms with Crippen LogP contribution in [0.1, 0.15) is 10.6 Å². The van der Waals surface area contributed by atoms with Crippen molar-refractivity contribution < 1.29 is 27.4 Å². The van der Waals surface area contributed by atoms with Crippen molar-refractivity contribution in [2.75, 3.05) is 5.75 Å². The first kappa shape index (κ1) is 21.2. The summed E-state index contributed by atoms with van der Waals surface area (Å²) in [5.41, 5.74) is 0.193. The zero-order valence-corrected chi connectivity index (χ0v) is 18.2. The minimum absolute atomic E-state index is 0.0234. The second kappa shape index (κ2) is 7.90. The summed E-state index contributed by atoms with van der Waals surface area (Å²) in [4.78, 5) is 29.6. The maximum absolute atomic E-state index is 12.8. The first-order valence-corrected chi connectivity index (χ1v) is 11.9. The normalized spacial score (nSPS) is 16.3. The lowest BCUT2D eigenvalue weighted by Crippen LogP contribution is -2.17. The quantitative estimate of drug-likeness (QED) is 0.319. The molecule has 0 bridgehead atoms. The van der Waals surface area contributed by atoms with Gasteiger partial charge in [0, 0.05) is 17.9 Å². The Morgan fingerprint density at radius 1 is 1.32 bits per heavy atom. The Labute approximate surface area is 183 Å². The fraction of sp³-hybridized carbons (Fsp3) is 0.167. The summed E-state index contributed by atoms with van der Waals surface area (Å²) in [6.45, 7) is 1.45. The predicted molar refractivity (Wildman–Crippen MR) is 116 cm³/mol. The molecule has 1 aliphatic rings. The number of nitro benzene ring substituents is 1. The molecule has 0 radical (unpaired) electrons. The number of carboxylic acids is 1. The number of aliphatic imine (C=N–C) groups is 1. The number of thioether (sulfide) groups is 1. The third kappa shape index (κ3) is 4.11. The molecule has 1 N–H and O–H groups in total. The second-order valence-corrected chi connectivity index (χ2v) is 9.99. The Morgan fingerprint density at radius 2 is 2.10 bits per heavy atom. The lowest BCUT2D eigenvalue weighted by molar-refractivity contribution is -0.388. The van der Waals surface area contributed by atoms with Crippen LogP contribution in [0.3, 0.4) is 0 Å². The van der Waals surface area contributed by atoms with Gasteiger partial charge in [0.1, 0.15) is 15.8 Å². The van der Waals surface area contributed by atoms with Crippen molar-refractivity contribution in [2.45, 2.75) is 17.9 Å². The summed E-state index contributed by atoms with van der Waals surface area (Å²) in [7, 11) is -4.46. The largest absolute Gasteiger partial charge is 0.480 e. The van der Waals surface area contributed by atoms with Crippen LogP contribution in [0.5, 0.6) is 5.75 Å². The smallest absolute Gasteiger partial charge is 0.346 e. The van der Waals surface area contributed by atoms with Gasteiger partial charge in [0.15, 0.2) is 10.9 Å². The average molecular weight is 480 g/mol. The van der Waals surface area contributed by atoms with Crippen molar-refractivity contribution in [3.63, 3.8) is 0 Å². The van der Waals surface area contributed by atoms with Gasteiger partial charge in [0.05, 0.1) is 15.1 Å². The van der Waals surface area contributed by atoms with E-state index in [1.165, 1.54) is 54.3 Å². The van der Waals surface area contributed by atoms with Crippen molar-refractivity contribution in [1.29, 1.82) is 0 Å². The molecule has 1 aliphatic heterocycles. The van der Waals surface area contributed by atoms with Crippen molar-refractivity contribution in [1.82, 2.24) is 4.98 Å². The molecule has 160 valence electrons. The Morgan fingerprint density at radius 3 is 2.77 bits per heavy atom. The SMILES string of the molecule is Cc1cccc([N+](=O)[O-])c1S(=O)(=O)Oc1ccc2nc(C3=N[C@@H](C(=O)O)CS3)sc2c1. The topological polar surface area (TPSA) is 149 Å². The van der Waals surface area contributed by atoms with E-state index in [9.17, 15) is 23.3 Å². The van der Waals surface area contributed by atoms with E-state index < -0.39 is 37.6 Å². The molecular weight excluding hydrogens is 466 g/mol. The van der Waals surface area contributed by atoms with Crippen molar-refractivity contribution >= 4 is 60.1 Å². The van der Waals surface area contributed by atoms with Crippen LogP contribution in [0.4, 0.5) is 5.69 Å². The Kier molecular flexibility index (Phi) is 5.41. The van der Waals surface area contributed by atoms with E-state index in [1.807, 2.05) is 0 Å². The minimum Gasteiger partial charge on any atom is -0.480 e. The highest BCUT2D eigenvalue weighted by Crippen LogP contribution is 2.34. The van der Waals surface area contributed by atoms with E-state index in [-0.39, 0.29) is 11.3 Å². The van der Waals surface area contributed by atoms with Crippen LogP contribution in [0.25, 0.3) is 10.2 Å². The molecule has 10 nitrogen and oxygen atoms in total. The first-order valence-electron chi connectivity index (χ1n) is 8.68. The second-order valence-electron chi connectivity index (χ2n) is 6.47. The summed E-state index contributed by atoms with van der Waals surface area (Å²) in [5, 5.41) is 21.4. The van der Waals surface area contributed by atoms with Gasteiger partial charge >= 0.3 is 16.1 Å². The third-order valence-corrected chi connectivity index (χ3v) is 7.97. The summed E-state index contributed by atoms with van der Waals surface area (Å²) in [6, 6.07) is 7.56. The Bertz CT molecular complexity index is 1360. The van der Waals surface area contributed by atoms with Gasteiger partial charge in [-0.25, -0.2) is 9.78 Å². The standard InChI is InChI=1S/C18H13N3O7S3/c1-9-3-2-4-13(21(24)25)15(9)31(26,27)28-10-5-6-11-14(7-10)30-17(19-11)16-20-12(8-29-16)18(22)23/h2-7,12H,8H2,1H3,(H,22,23)/t12-/m1/s1. The zero-order chi connectivity index (χ0) is 22.3. The molecule has 0 unspecified atom stereocenters. The van der Waals surface area contributed by atoms with E-state index in [0.29, 0.717) is 26.0 Å². The maximum atomic E-state index is 12.8. The molecule has 4 rings (SSSR count). The van der Waals surface area contributed by atoms with E-state index in [0.717, 1.165) is 6.07 Å². The van der Waals surface area contributed by atoms with Gasteiger partial charge in [0.2, 0.25) is 0 Å². The average Bonchev–Trinajstić information content (AvgIpc) is 3.34.